The molecule has 0 saturated heterocycles. The molecule has 0 aromatic heterocycles. The van der Waals surface area contributed by atoms with E-state index in [0.29, 0.717) is 5.75 Å². The highest BCUT2D eigenvalue weighted by molar-refractivity contribution is 5.87. The highest BCUT2D eigenvalue weighted by Crippen LogP contribution is 2.41. The van der Waals surface area contributed by atoms with E-state index in [-0.39, 0.29) is 16.6 Å². The number of esters is 1. The summed E-state index contributed by atoms with van der Waals surface area (Å²) in [6.45, 7) is 16.2. The number of phenols is 1. The maximum Gasteiger partial charge on any atom is 0.333 e. The second-order valence-corrected chi connectivity index (χ2v) is 10.3. The van der Waals surface area contributed by atoms with Crippen LogP contribution in [0.2, 0.25) is 0 Å². The number of phenolic OH excluding ortho intramolecular Hbond substituents is 1. The fraction of sp³-hybridized carbons (Fsp3) is 0.464. The Bertz CT molecular complexity index is 941. The number of hydrogen-bond donors (Lipinski definition) is 1. The van der Waals surface area contributed by atoms with Gasteiger partial charge in [0.25, 0.3) is 0 Å². The van der Waals surface area contributed by atoms with Gasteiger partial charge in [0.05, 0.1) is 0 Å². The van der Waals surface area contributed by atoms with Crippen LogP contribution in [0.25, 0.3) is 6.08 Å². The molecule has 2 rings (SSSR count). The van der Waals surface area contributed by atoms with Gasteiger partial charge in [0.1, 0.15) is 11.5 Å². The average Bonchev–Trinajstić information content (AvgIpc) is 2.66. The van der Waals surface area contributed by atoms with E-state index >= 15 is 0 Å². The molecule has 174 valence electrons. The van der Waals surface area contributed by atoms with Crippen molar-refractivity contribution < 1.29 is 19.4 Å². The first-order chi connectivity index (χ1) is 14.8. The van der Waals surface area contributed by atoms with Crippen LogP contribution in [0, 0.1) is 0 Å². The van der Waals surface area contributed by atoms with Gasteiger partial charge in [0.15, 0.2) is 0 Å². The maximum absolute atomic E-state index is 12.4. The van der Waals surface area contributed by atoms with Crippen LogP contribution in [-0.2, 0) is 26.8 Å². The summed E-state index contributed by atoms with van der Waals surface area (Å²) in [5, 5.41) is 11.0. The number of carbonyl (C=O) groups is 1. The zero-order valence-electron chi connectivity index (χ0n) is 20.8. The quantitative estimate of drug-likeness (QED) is 0.289. The summed E-state index contributed by atoms with van der Waals surface area (Å²) in [7, 11) is 0. The lowest BCUT2D eigenvalue weighted by atomic mass is 9.77. The number of aryl methyl sites for hydroxylation is 1. The fourth-order valence-corrected chi connectivity index (χ4v) is 3.74. The lowest BCUT2D eigenvalue weighted by molar-refractivity contribution is -0.154. The van der Waals surface area contributed by atoms with E-state index in [0.717, 1.165) is 29.5 Å². The first-order valence-corrected chi connectivity index (χ1v) is 11.3. The normalized spacial score (nSPS) is 13.2. The molecule has 0 aliphatic carbocycles. The Kier molecular flexibility index (Phi) is 8.17. The molecule has 0 amide bonds. The fourth-order valence-electron chi connectivity index (χ4n) is 3.74. The summed E-state index contributed by atoms with van der Waals surface area (Å²) >= 11 is 0. The van der Waals surface area contributed by atoms with Crippen LogP contribution in [0.1, 0.15) is 84.1 Å². The third kappa shape index (κ3) is 6.88. The standard InChI is InChI=1S/C28H38O4/c1-9-10-20-11-15-22(16-12-20)31-19(2)32-24(29)18-14-21-13-17-23(27(3,4)5)26(30)25(21)28(6,7)8/h11-19,30H,9-10H2,1-8H3/b18-14+. The monoisotopic (exact) mass is 438 g/mol. The zero-order valence-corrected chi connectivity index (χ0v) is 20.8. The molecule has 2 aromatic rings. The summed E-state index contributed by atoms with van der Waals surface area (Å²) in [6.07, 6.45) is 4.47. The molecule has 0 aliphatic heterocycles. The van der Waals surface area contributed by atoms with Crippen molar-refractivity contribution in [3.63, 3.8) is 0 Å². The predicted octanol–water partition coefficient (Wildman–Crippen LogP) is 6.92. The molecule has 1 unspecified atom stereocenters. The van der Waals surface area contributed by atoms with Crippen LogP contribution in [-0.4, -0.2) is 17.4 Å². The van der Waals surface area contributed by atoms with Crippen molar-refractivity contribution in [2.45, 2.75) is 85.4 Å². The Morgan fingerprint density at radius 3 is 2.16 bits per heavy atom. The minimum absolute atomic E-state index is 0.188. The summed E-state index contributed by atoms with van der Waals surface area (Å²) in [5.74, 6) is 0.440. The van der Waals surface area contributed by atoms with E-state index in [9.17, 15) is 9.90 Å². The van der Waals surface area contributed by atoms with Crippen molar-refractivity contribution >= 4 is 12.0 Å². The highest BCUT2D eigenvalue weighted by atomic mass is 16.7. The van der Waals surface area contributed by atoms with E-state index < -0.39 is 12.3 Å². The molecule has 0 radical (unpaired) electrons. The molecule has 1 atom stereocenters. The predicted molar refractivity (Wildman–Crippen MR) is 131 cm³/mol. The van der Waals surface area contributed by atoms with Crippen LogP contribution in [0.4, 0.5) is 0 Å². The third-order valence-corrected chi connectivity index (χ3v) is 5.21. The van der Waals surface area contributed by atoms with Crippen molar-refractivity contribution in [2.24, 2.45) is 0 Å². The molecule has 1 N–H and O–H groups in total. The smallest absolute Gasteiger partial charge is 0.333 e. The molecular formula is C28H38O4. The molecule has 0 saturated carbocycles. The summed E-state index contributed by atoms with van der Waals surface area (Å²) in [6, 6.07) is 11.7. The lowest BCUT2D eigenvalue weighted by Crippen LogP contribution is -2.20. The SMILES string of the molecule is CCCc1ccc(OC(C)OC(=O)/C=C/c2ccc(C(C)(C)C)c(O)c2C(C)(C)C)cc1. The molecule has 0 bridgehead atoms. The van der Waals surface area contributed by atoms with Crippen molar-refractivity contribution in [1.29, 1.82) is 0 Å². The second-order valence-electron chi connectivity index (χ2n) is 10.3. The van der Waals surface area contributed by atoms with Crippen LogP contribution in [0.3, 0.4) is 0 Å². The Labute approximate surface area is 193 Å². The van der Waals surface area contributed by atoms with Crippen molar-refractivity contribution in [3.05, 3.63) is 64.7 Å². The van der Waals surface area contributed by atoms with E-state index in [1.54, 1.807) is 13.0 Å². The number of aromatic hydroxyl groups is 1. The minimum Gasteiger partial charge on any atom is -0.507 e. The minimum atomic E-state index is -0.720. The maximum atomic E-state index is 12.4. The van der Waals surface area contributed by atoms with Crippen LogP contribution >= 0.6 is 0 Å². The van der Waals surface area contributed by atoms with Gasteiger partial charge >= 0.3 is 5.97 Å². The number of carbonyl (C=O) groups excluding carboxylic acids is 1. The molecule has 0 aliphatic rings. The van der Waals surface area contributed by atoms with E-state index in [1.165, 1.54) is 11.6 Å². The van der Waals surface area contributed by atoms with Gasteiger partial charge in [-0.2, -0.15) is 0 Å². The van der Waals surface area contributed by atoms with Gasteiger partial charge < -0.3 is 14.6 Å². The highest BCUT2D eigenvalue weighted by Gasteiger charge is 2.27. The second kappa shape index (κ2) is 10.2. The lowest BCUT2D eigenvalue weighted by Gasteiger charge is -2.28. The van der Waals surface area contributed by atoms with Gasteiger partial charge in [-0.15, -0.1) is 0 Å². The number of rotatable bonds is 7. The van der Waals surface area contributed by atoms with Crippen LogP contribution in [0.15, 0.2) is 42.5 Å². The van der Waals surface area contributed by atoms with Crippen LogP contribution < -0.4 is 4.74 Å². The zero-order chi connectivity index (χ0) is 24.1. The average molecular weight is 439 g/mol. The Balaban J connectivity index is 2.13. The first-order valence-electron chi connectivity index (χ1n) is 11.3. The summed E-state index contributed by atoms with van der Waals surface area (Å²) < 4.78 is 11.1. The first kappa shape index (κ1) is 25.5. The van der Waals surface area contributed by atoms with Gasteiger partial charge in [0, 0.05) is 18.6 Å². The Morgan fingerprint density at radius 1 is 1.00 bits per heavy atom. The topological polar surface area (TPSA) is 55.8 Å². The molecule has 32 heavy (non-hydrogen) atoms. The Hall–Kier alpha value is -2.75. The largest absolute Gasteiger partial charge is 0.507 e. The van der Waals surface area contributed by atoms with E-state index in [1.807, 2.05) is 57.2 Å². The number of ether oxygens (including phenoxy) is 2. The van der Waals surface area contributed by atoms with Crippen LogP contribution in [0.5, 0.6) is 11.5 Å². The van der Waals surface area contributed by atoms with Gasteiger partial charge in [-0.1, -0.05) is 79.2 Å². The summed E-state index contributed by atoms with van der Waals surface area (Å²) in [5.41, 5.74) is 3.25. The van der Waals surface area contributed by atoms with Gasteiger partial charge in [0.2, 0.25) is 6.29 Å². The van der Waals surface area contributed by atoms with Crippen molar-refractivity contribution in [2.75, 3.05) is 0 Å². The number of benzene rings is 2. The van der Waals surface area contributed by atoms with Gasteiger partial charge in [-0.25, -0.2) is 4.79 Å². The molecule has 0 fully saturated rings. The Morgan fingerprint density at radius 2 is 1.62 bits per heavy atom. The van der Waals surface area contributed by atoms with Crippen molar-refractivity contribution in [1.82, 2.24) is 0 Å². The van der Waals surface area contributed by atoms with Gasteiger partial charge in [-0.3, -0.25) is 0 Å². The van der Waals surface area contributed by atoms with Gasteiger partial charge in [-0.05, 0) is 52.1 Å². The number of hydrogen-bond acceptors (Lipinski definition) is 4. The molecule has 0 spiro atoms. The molecule has 2 aromatic carbocycles. The molecule has 4 heteroatoms. The van der Waals surface area contributed by atoms with E-state index in [2.05, 4.69) is 27.7 Å². The van der Waals surface area contributed by atoms with Crippen molar-refractivity contribution in [3.8, 4) is 11.5 Å². The molecule has 0 heterocycles. The molecule has 4 nitrogen and oxygen atoms in total. The summed E-state index contributed by atoms with van der Waals surface area (Å²) in [4.78, 5) is 12.4. The molecular weight excluding hydrogens is 400 g/mol. The third-order valence-electron chi connectivity index (χ3n) is 5.21. The van der Waals surface area contributed by atoms with E-state index in [4.69, 9.17) is 9.47 Å².